The predicted molar refractivity (Wildman–Crippen MR) is 179 cm³/mol. The van der Waals surface area contributed by atoms with Gasteiger partial charge in [-0.15, -0.1) is 0 Å². The molecule has 2 fully saturated rings. The molecule has 0 radical (unpaired) electrons. The summed E-state index contributed by atoms with van der Waals surface area (Å²) in [7, 11) is 3.31. The molecule has 10 heteroatoms. The third kappa shape index (κ3) is 7.37. The van der Waals surface area contributed by atoms with Crippen LogP contribution >= 0.6 is 32.9 Å². The van der Waals surface area contributed by atoms with Crippen molar-refractivity contribution in [2.45, 2.75) is 40.8 Å². The second-order valence-electron chi connectivity index (χ2n) is 12.2. The molecule has 7 nitrogen and oxygen atoms in total. The Morgan fingerprint density at radius 3 is 1.65 bits per heavy atom. The van der Waals surface area contributed by atoms with Gasteiger partial charge < -0.3 is 14.9 Å². The van der Waals surface area contributed by atoms with Crippen molar-refractivity contribution in [2.75, 3.05) is 52.4 Å². The van der Waals surface area contributed by atoms with Gasteiger partial charge in [0.25, 0.3) is 0 Å². The summed E-state index contributed by atoms with van der Waals surface area (Å²) in [5.41, 5.74) is 5.05. The molecule has 2 aliphatic rings. The van der Waals surface area contributed by atoms with Gasteiger partial charge in [-0.05, 0) is 23.3 Å². The van der Waals surface area contributed by atoms with E-state index in [9.17, 15) is 14.7 Å². The molecule has 3 aromatic rings. The number of phenolic OH excluding ortho intramolecular Hbond substituents is 1. The highest BCUT2D eigenvalue weighted by Gasteiger charge is 2.27. The molecule has 1 N–H and O–H groups in total. The zero-order valence-corrected chi connectivity index (χ0v) is 28.0. The average molecular weight is 639 g/mol. The largest absolute Gasteiger partial charge is 0.507 e. The van der Waals surface area contributed by atoms with E-state index < -0.39 is 0 Å². The minimum absolute atomic E-state index is 0.000128. The summed E-state index contributed by atoms with van der Waals surface area (Å²) in [4.78, 5) is 34.8. The topological polar surface area (TPSA) is 67.3 Å². The molecular formula is C33H42N4O3S3. The van der Waals surface area contributed by atoms with Crippen LogP contribution in [0.1, 0.15) is 38.8 Å². The number of hydrogen-bond acceptors (Lipinski definition) is 8. The summed E-state index contributed by atoms with van der Waals surface area (Å²) in [6.07, 6.45) is 0. The van der Waals surface area contributed by atoms with Gasteiger partial charge in [0, 0.05) is 94.0 Å². The molecule has 0 unspecified atom stereocenters. The van der Waals surface area contributed by atoms with Crippen LogP contribution < -0.4 is 0 Å². The minimum atomic E-state index is 0.000128. The molecule has 2 saturated heterocycles. The predicted octanol–water partition coefficient (Wildman–Crippen LogP) is 6.18. The first kappa shape index (κ1) is 31.8. The Morgan fingerprint density at radius 1 is 0.744 bits per heavy atom. The fourth-order valence-corrected chi connectivity index (χ4v) is 8.80. The summed E-state index contributed by atoms with van der Waals surface area (Å²) < 4.78 is 0.874. The lowest BCUT2D eigenvalue weighted by molar-refractivity contribution is -0.137. The molecule has 2 aromatic carbocycles. The van der Waals surface area contributed by atoms with E-state index in [0.29, 0.717) is 45.0 Å². The first-order valence-electron chi connectivity index (χ1n) is 15.2. The first-order chi connectivity index (χ1) is 20.6. The molecule has 0 atom stereocenters. The number of hydrogen-bond donors (Lipinski definition) is 1. The van der Waals surface area contributed by atoms with Crippen LogP contribution in [0.3, 0.4) is 0 Å². The highest BCUT2D eigenvalue weighted by molar-refractivity contribution is 7.80. The number of nitrogens with zero attached hydrogens (tertiary/aromatic N) is 4. The van der Waals surface area contributed by atoms with Crippen LogP contribution in [-0.4, -0.2) is 88.9 Å². The van der Waals surface area contributed by atoms with Crippen molar-refractivity contribution in [3.05, 3.63) is 57.4 Å². The lowest BCUT2D eigenvalue weighted by Crippen LogP contribution is -2.49. The van der Waals surface area contributed by atoms with Crippen molar-refractivity contribution >= 4 is 44.7 Å². The quantitative estimate of drug-likeness (QED) is 0.235. The van der Waals surface area contributed by atoms with Crippen LogP contribution in [0.5, 0.6) is 5.75 Å². The molecule has 2 amide bonds. The number of phenols is 1. The highest BCUT2D eigenvalue weighted by atomic mass is 32.9. The molecule has 0 spiro atoms. The van der Waals surface area contributed by atoms with Gasteiger partial charge in [0.05, 0.1) is 4.88 Å². The van der Waals surface area contributed by atoms with Crippen LogP contribution in [0, 0.1) is 15.7 Å². The second-order valence-corrected chi connectivity index (χ2v) is 15.0. The number of carbonyl (C=O) groups excluding carboxylic acids is 2. The third-order valence-corrected chi connectivity index (χ3v) is 11.4. The van der Waals surface area contributed by atoms with Crippen LogP contribution in [-0.2, 0) is 22.7 Å². The molecule has 0 bridgehead atoms. The van der Waals surface area contributed by atoms with Gasteiger partial charge in [-0.2, -0.15) is 0 Å². The highest BCUT2D eigenvalue weighted by Crippen LogP contribution is 2.43. The first-order valence-corrected chi connectivity index (χ1v) is 17.7. The van der Waals surface area contributed by atoms with Gasteiger partial charge in [-0.1, -0.05) is 90.9 Å². The average Bonchev–Trinajstić information content (AvgIpc) is 3.40. The van der Waals surface area contributed by atoms with Gasteiger partial charge in [0.1, 0.15) is 9.57 Å². The Balaban J connectivity index is 1.43. The number of piperazine rings is 2. The number of benzene rings is 2. The van der Waals surface area contributed by atoms with Crippen LogP contribution in [0.4, 0.5) is 0 Å². The summed E-state index contributed by atoms with van der Waals surface area (Å²) in [5.74, 6) is 0.744. The Labute approximate surface area is 267 Å². The van der Waals surface area contributed by atoms with Crippen LogP contribution in [0.25, 0.3) is 21.6 Å². The van der Waals surface area contributed by atoms with Gasteiger partial charge in [0.15, 0.2) is 0 Å². The lowest BCUT2D eigenvalue weighted by Gasteiger charge is -2.36. The molecule has 2 aliphatic heterocycles. The van der Waals surface area contributed by atoms with Gasteiger partial charge in [-0.3, -0.25) is 19.4 Å². The van der Waals surface area contributed by atoms with E-state index in [-0.39, 0.29) is 23.7 Å². The number of amides is 2. The number of aromatic hydroxyl groups is 1. The van der Waals surface area contributed by atoms with Crippen molar-refractivity contribution in [3.63, 3.8) is 0 Å². The van der Waals surface area contributed by atoms with E-state index in [1.165, 1.54) is 0 Å². The van der Waals surface area contributed by atoms with E-state index in [1.807, 2.05) is 55.7 Å². The maximum Gasteiger partial charge on any atom is 0.225 e. The Kier molecular flexibility index (Phi) is 10.3. The third-order valence-electron chi connectivity index (χ3n) is 8.37. The molecule has 3 heterocycles. The molecule has 0 aliphatic carbocycles. The molecular weight excluding hydrogens is 597 g/mol. The minimum Gasteiger partial charge on any atom is -0.507 e. The molecule has 1 aromatic heterocycles. The summed E-state index contributed by atoms with van der Waals surface area (Å²) in [5, 5.41) is 11.6. The van der Waals surface area contributed by atoms with E-state index in [0.717, 1.165) is 62.7 Å². The maximum absolute atomic E-state index is 12.5. The normalized spacial score (nSPS) is 16.8. The van der Waals surface area contributed by atoms with Crippen LogP contribution in [0.15, 0.2) is 42.5 Å². The Bertz CT molecular complexity index is 1420. The van der Waals surface area contributed by atoms with E-state index in [4.69, 9.17) is 12.2 Å². The summed E-state index contributed by atoms with van der Waals surface area (Å²) in [6, 6.07) is 14.6. The Morgan fingerprint density at radius 2 is 1.21 bits per heavy atom. The smallest absolute Gasteiger partial charge is 0.225 e. The van der Waals surface area contributed by atoms with Crippen molar-refractivity contribution in [3.8, 4) is 27.3 Å². The lowest BCUT2D eigenvalue weighted by atomic mass is 9.98. The van der Waals surface area contributed by atoms with E-state index in [1.54, 1.807) is 20.7 Å². The van der Waals surface area contributed by atoms with Crippen molar-refractivity contribution < 1.29 is 14.7 Å². The summed E-state index contributed by atoms with van der Waals surface area (Å²) in [6.45, 7) is 14.9. The second kappa shape index (κ2) is 14.0. The fraction of sp³-hybridized carbons (Fsp3) is 0.485. The zero-order valence-electron chi connectivity index (χ0n) is 25.5. The Hall–Kier alpha value is -2.63. The van der Waals surface area contributed by atoms with Crippen molar-refractivity contribution in [1.82, 2.24) is 19.6 Å². The monoisotopic (exact) mass is 638 g/mol. The van der Waals surface area contributed by atoms with Gasteiger partial charge >= 0.3 is 0 Å². The summed E-state index contributed by atoms with van der Waals surface area (Å²) >= 11 is 5.81. The van der Waals surface area contributed by atoms with Gasteiger partial charge in [0.2, 0.25) is 11.8 Å². The molecule has 0 saturated carbocycles. The van der Waals surface area contributed by atoms with E-state index in [2.05, 4.69) is 34.1 Å². The number of rotatable bonds is 8. The van der Waals surface area contributed by atoms with Gasteiger partial charge in [-0.25, -0.2) is 0 Å². The maximum atomic E-state index is 12.5. The van der Waals surface area contributed by atoms with Crippen molar-refractivity contribution in [1.29, 1.82) is 0 Å². The SMILES string of the molecule is CC(C)C(=O)N1CCN(Cc2cc(-c3ssc(=S)c3-c3ccccc3)cc(CN3CCN(C(=O)C(C)C)CC3)c2O)CC1. The molecule has 5 rings (SSSR count). The molecule has 43 heavy (non-hydrogen) atoms. The van der Waals surface area contributed by atoms with E-state index >= 15 is 0 Å². The van der Waals surface area contributed by atoms with Crippen molar-refractivity contribution in [2.24, 2.45) is 11.8 Å². The zero-order chi connectivity index (χ0) is 30.7. The fourth-order valence-electron chi connectivity index (χ4n) is 5.90. The van der Waals surface area contributed by atoms with Crippen LogP contribution in [0.2, 0.25) is 0 Å². The molecule has 230 valence electrons. The number of carbonyl (C=O) groups is 2. The standard InChI is InChI=1S/C33H42N4O3S3/c1-22(2)31(39)36-14-10-34(11-15-36)20-26-18-25(30-28(33(41)43-42-30)24-8-6-5-7-9-24)19-27(29(26)38)21-35-12-16-37(17-13-35)32(40)23(3)4/h5-9,18-19,22-23,38H,10-17,20-21H2,1-4H3.